The summed E-state index contributed by atoms with van der Waals surface area (Å²) in [6, 6.07) is 5.63. The number of aromatic nitrogens is 1. The molecule has 4 nitrogen and oxygen atoms in total. The summed E-state index contributed by atoms with van der Waals surface area (Å²) >= 11 is 1.25. The van der Waals surface area contributed by atoms with E-state index in [1.54, 1.807) is 6.92 Å². The van der Waals surface area contributed by atoms with Gasteiger partial charge in [-0.3, -0.25) is 4.79 Å². The molecule has 27 heavy (non-hydrogen) atoms. The molecule has 0 saturated heterocycles. The Kier molecular flexibility index (Phi) is 6.04. The second-order valence-electron chi connectivity index (χ2n) is 6.75. The van der Waals surface area contributed by atoms with Crippen LogP contribution in [0.4, 0.5) is 18.3 Å². The summed E-state index contributed by atoms with van der Waals surface area (Å²) in [7, 11) is 0. The van der Waals surface area contributed by atoms with Crippen LogP contribution in [-0.2, 0) is 12.7 Å². The molecule has 1 aromatic carbocycles. The van der Waals surface area contributed by atoms with Crippen LogP contribution in [0.5, 0.6) is 0 Å². The highest BCUT2D eigenvalue weighted by Gasteiger charge is 2.33. The number of nitrogens with one attached hydrogen (secondary N) is 2. The minimum atomic E-state index is -4.45. The lowest BCUT2D eigenvalue weighted by Gasteiger charge is -2.22. The fraction of sp³-hybridized carbons (Fsp3) is 0.474. The van der Waals surface area contributed by atoms with Gasteiger partial charge in [-0.15, -0.1) is 0 Å². The molecule has 3 rings (SSSR count). The van der Waals surface area contributed by atoms with E-state index >= 15 is 0 Å². The third-order valence-electron chi connectivity index (χ3n) is 4.70. The van der Waals surface area contributed by atoms with Gasteiger partial charge < -0.3 is 10.6 Å². The van der Waals surface area contributed by atoms with Crippen molar-refractivity contribution in [2.75, 3.05) is 5.32 Å². The Labute approximate surface area is 160 Å². The van der Waals surface area contributed by atoms with Gasteiger partial charge in [-0.25, -0.2) is 4.98 Å². The number of rotatable bonds is 5. The molecule has 0 spiro atoms. The summed E-state index contributed by atoms with van der Waals surface area (Å²) in [5, 5.41) is 6.66. The van der Waals surface area contributed by atoms with E-state index in [9.17, 15) is 18.0 Å². The van der Waals surface area contributed by atoms with Crippen LogP contribution in [0.1, 0.15) is 58.6 Å². The number of carbonyl (C=O) groups is 1. The highest BCUT2D eigenvalue weighted by Crippen LogP contribution is 2.32. The summed E-state index contributed by atoms with van der Waals surface area (Å²) in [6.07, 6.45) is 1.37. The van der Waals surface area contributed by atoms with Crippen LogP contribution >= 0.6 is 11.3 Å². The number of carbonyl (C=O) groups excluding carboxylic acids is 1. The van der Waals surface area contributed by atoms with Crippen molar-refractivity contribution >= 4 is 22.4 Å². The molecule has 1 aromatic heterocycles. The molecular weight excluding hydrogens is 375 g/mol. The fourth-order valence-electron chi connectivity index (χ4n) is 3.30. The predicted molar refractivity (Wildman–Crippen MR) is 100.0 cm³/mol. The van der Waals surface area contributed by atoms with Crippen molar-refractivity contribution in [1.82, 2.24) is 10.3 Å². The molecule has 1 aliphatic carbocycles. The molecule has 146 valence electrons. The zero-order valence-corrected chi connectivity index (χ0v) is 15.8. The van der Waals surface area contributed by atoms with Gasteiger partial charge in [0.25, 0.3) is 5.91 Å². The molecule has 0 bridgehead atoms. The van der Waals surface area contributed by atoms with E-state index in [2.05, 4.69) is 15.6 Å². The van der Waals surface area contributed by atoms with Crippen LogP contribution < -0.4 is 10.6 Å². The molecule has 1 aliphatic rings. The first-order valence-electron chi connectivity index (χ1n) is 9.02. The molecule has 2 N–H and O–H groups in total. The predicted octanol–water partition coefficient (Wildman–Crippen LogP) is 5.14. The largest absolute Gasteiger partial charge is 0.416 e. The van der Waals surface area contributed by atoms with Crippen LogP contribution in [0.2, 0.25) is 0 Å². The van der Waals surface area contributed by atoms with Crippen molar-refractivity contribution in [2.24, 2.45) is 0 Å². The Hall–Kier alpha value is -2.09. The second-order valence-corrected chi connectivity index (χ2v) is 7.75. The summed E-state index contributed by atoms with van der Waals surface area (Å²) < 4.78 is 39.2. The van der Waals surface area contributed by atoms with Gasteiger partial charge >= 0.3 is 6.18 Å². The highest BCUT2D eigenvalue weighted by molar-refractivity contribution is 7.17. The number of hydrogen-bond acceptors (Lipinski definition) is 4. The molecule has 1 heterocycles. The Balaban J connectivity index is 1.65. The average Bonchev–Trinajstić information content (AvgIpc) is 3.00. The van der Waals surface area contributed by atoms with E-state index in [0.29, 0.717) is 21.7 Å². The molecule has 0 unspecified atom stereocenters. The van der Waals surface area contributed by atoms with Gasteiger partial charge in [-0.1, -0.05) is 48.8 Å². The zero-order valence-electron chi connectivity index (χ0n) is 15.0. The quantitative estimate of drug-likeness (QED) is 0.734. The van der Waals surface area contributed by atoms with Crippen LogP contribution in [0.3, 0.4) is 0 Å². The lowest BCUT2D eigenvalue weighted by molar-refractivity contribution is -0.138. The summed E-state index contributed by atoms with van der Waals surface area (Å²) in [4.78, 5) is 17.3. The minimum Gasteiger partial charge on any atom is -0.359 e. The zero-order chi connectivity index (χ0) is 19.4. The van der Waals surface area contributed by atoms with Crippen LogP contribution in [0, 0.1) is 6.92 Å². The van der Waals surface area contributed by atoms with E-state index in [4.69, 9.17) is 0 Å². The number of thiazole rings is 1. The van der Waals surface area contributed by atoms with Crippen molar-refractivity contribution < 1.29 is 18.0 Å². The monoisotopic (exact) mass is 397 g/mol. The van der Waals surface area contributed by atoms with Gasteiger partial charge in [0.15, 0.2) is 5.13 Å². The number of nitrogens with zero attached hydrogens (tertiary/aromatic N) is 1. The van der Waals surface area contributed by atoms with Gasteiger partial charge in [-0.05, 0) is 31.4 Å². The van der Waals surface area contributed by atoms with Crippen molar-refractivity contribution in [3.05, 3.63) is 46.0 Å². The van der Waals surface area contributed by atoms with Gasteiger partial charge in [0.05, 0.1) is 11.3 Å². The highest BCUT2D eigenvalue weighted by atomic mass is 32.1. The first kappa shape index (κ1) is 19.7. The van der Waals surface area contributed by atoms with Gasteiger partial charge in [0, 0.05) is 12.6 Å². The van der Waals surface area contributed by atoms with Crippen molar-refractivity contribution in [3.63, 3.8) is 0 Å². The molecule has 1 amide bonds. The van der Waals surface area contributed by atoms with Crippen molar-refractivity contribution in [3.8, 4) is 0 Å². The standard InChI is InChI=1S/C19H22F3N3OS/c1-12-16(27-18(24-12)25-14-8-3-2-4-9-14)17(26)23-11-13-7-5-6-10-15(13)19(20,21)22/h5-7,10,14H,2-4,8-9,11H2,1H3,(H,23,26)(H,24,25). The number of hydrogen-bond donors (Lipinski definition) is 2. The van der Waals surface area contributed by atoms with Crippen molar-refractivity contribution in [2.45, 2.75) is 57.8 Å². The van der Waals surface area contributed by atoms with Crippen molar-refractivity contribution in [1.29, 1.82) is 0 Å². The molecular formula is C19H22F3N3OS. The fourth-order valence-corrected chi connectivity index (χ4v) is 4.26. The number of amides is 1. The van der Waals surface area contributed by atoms with E-state index in [-0.39, 0.29) is 12.1 Å². The van der Waals surface area contributed by atoms with Gasteiger partial charge in [-0.2, -0.15) is 13.2 Å². The number of benzene rings is 1. The molecule has 0 aliphatic heterocycles. The van der Waals surface area contributed by atoms with E-state index < -0.39 is 17.6 Å². The first-order valence-corrected chi connectivity index (χ1v) is 9.83. The normalized spacial score (nSPS) is 15.6. The molecule has 0 atom stereocenters. The average molecular weight is 397 g/mol. The molecule has 1 fully saturated rings. The third-order valence-corrected chi connectivity index (χ3v) is 5.79. The summed E-state index contributed by atoms with van der Waals surface area (Å²) in [6.45, 7) is 1.55. The van der Waals surface area contributed by atoms with E-state index in [1.807, 2.05) is 0 Å². The summed E-state index contributed by atoms with van der Waals surface area (Å²) in [5.74, 6) is -0.404. The van der Waals surface area contributed by atoms with Gasteiger partial charge in [0.2, 0.25) is 0 Å². The lowest BCUT2D eigenvalue weighted by Crippen LogP contribution is -2.24. The topological polar surface area (TPSA) is 54.0 Å². The Morgan fingerprint density at radius 2 is 1.93 bits per heavy atom. The lowest BCUT2D eigenvalue weighted by atomic mass is 9.96. The van der Waals surface area contributed by atoms with Crippen LogP contribution in [0.25, 0.3) is 0 Å². The SMILES string of the molecule is Cc1nc(NC2CCCCC2)sc1C(=O)NCc1ccccc1C(F)(F)F. The first-order chi connectivity index (χ1) is 12.8. The van der Waals surface area contributed by atoms with E-state index in [0.717, 1.165) is 18.9 Å². The Bertz CT molecular complexity index is 798. The minimum absolute atomic E-state index is 0.0427. The molecule has 2 aromatic rings. The van der Waals surface area contributed by atoms with Crippen LogP contribution in [-0.4, -0.2) is 16.9 Å². The van der Waals surface area contributed by atoms with E-state index in [1.165, 1.54) is 48.8 Å². The van der Waals surface area contributed by atoms with Crippen LogP contribution in [0.15, 0.2) is 24.3 Å². The maximum Gasteiger partial charge on any atom is 0.416 e. The summed E-state index contributed by atoms with van der Waals surface area (Å²) in [5.41, 5.74) is -0.105. The Morgan fingerprint density at radius 1 is 1.22 bits per heavy atom. The smallest absolute Gasteiger partial charge is 0.359 e. The maximum absolute atomic E-state index is 13.1. The number of halogens is 3. The molecule has 0 radical (unpaired) electrons. The number of anilines is 1. The third kappa shape index (κ3) is 5.00. The maximum atomic E-state index is 13.1. The molecule has 1 saturated carbocycles. The number of aryl methyl sites for hydroxylation is 1. The second kappa shape index (κ2) is 8.29. The van der Waals surface area contributed by atoms with Gasteiger partial charge in [0.1, 0.15) is 4.88 Å². The number of alkyl halides is 3. The molecule has 8 heteroatoms. The Morgan fingerprint density at radius 3 is 2.63 bits per heavy atom.